The lowest BCUT2D eigenvalue weighted by atomic mass is 10.1. The molecule has 1 aliphatic rings. The zero-order chi connectivity index (χ0) is 22.5. The molecular weight excluding hydrogens is 413 g/mol. The number of rotatable bonds is 5. The van der Waals surface area contributed by atoms with Crippen LogP contribution in [0.25, 0.3) is 22.4 Å². The highest BCUT2D eigenvalue weighted by atomic mass is 19.1. The second-order valence-electron chi connectivity index (χ2n) is 7.57. The lowest BCUT2D eigenvalue weighted by Crippen LogP contribution is -2.38. The summed E-state index contributed by atoms with van der Waals surface area (Å²) < 4.78 is 21.1. The Labute approximate surface area is 185 Å². The number of ether oxygens (including phenoxy) is 1. The number of nitrogens with two attached hydrogens (primary N) is 1. The van der Waals surface area contributed by atoms with Crippen molar-refractivity contribution in [2.45, 2.75) is 19.0 Å². The molecule has 0 aliphatic carbocycles. The van der Waals surface area contributed by atoms with Gasteiger partial charge in [-0.2, -0.15) is 10.1 Å². The number of methoxy groups -OCH3 is 1. The standard InChI is InChI=1S/C13H12N8.C8H16FNO/c1-15-12-11-8(4-6-21(11)19-13(14)17-12)9-2-3-10-16-5-7-20(10)18-9;1-11-6-5-10-4-2-3-8(9)7-10/h2-7H,1H3,(H3,14,15,17,19);8H,2-7H2,1H3. The Morgan fingerprint density at radius 1 is 1.22 bits per heavy atom. The Morgan fingerprint density at radius 2 is 2.09 bits per heavy atom. The summed E-state index contributed by atoms with van der Waals surface area (Å²) in [5.74, 6) is 0.877. The van der Waals surface area contributed by atoms with Gasteiger partial charge < -0.3 is 15.8 Å². The van der Waals surface area contributed by atoms with E-state index in [4.69, 9.17) is 10.5 Å². The van der Waals surface area contributed by atoms with Crippen molar-refractivity contribution in [3.8, 4) is 11.3 Å². The molecule has 3 N–H and O–H groups in total. The summed E-state index contributed by atoms with van der Waals surface area (Å²) in [7, 11) is 3.47. The summed E-state index contributed by atoms with van der Waals surface area (Å²) in [4.78, 5) is 10.5. The molecule has 1 aliphatic heterocycles. The number of nitrogens with one attached hydrogen (secondary N) is 1. The minimum atomic E-state index is -0.611. The van der Waals surface area contributed by atoms with Gasteiger partial charge in [0.15, 0.2) is 11.5 Å². The second-order valence-corrected chi connectivity index (χ2v) is 7.57. The molecule has 4 aromatic rings. The summed E-state index contributed by atoms with van der Waals surface area (Å²) in [6.07, 6.45) is 6.48. The van der Waals surface area contributed by atoms with Crippen molar-refractivity contribution in [1.82, 2.24) is 34.1 Å². The van der Waals surface area contributed by atoms with E-state index in [1.807, 2.05) is 30.6 Å². The van der Waals surface area contributed by atoms with Gasteiger partial charge in [-0.05, 0) is 37.6 Å². The molecule has 1 atom stereocenters. The van der Waals surface area contributed by atoms with Crippen LogP contribution in [0.1, 0.15) is 12.8 Å². The molecule has 1 fully saturated rings. The fourth-order valence-corrected chi connectivity index (χ4v) is 3.80. The number of hydrogen-bond acceptors (Lipinski definition) is 8. The lowest BCUT2D eigenvalue weighted by molar-refractivity contribution is 0.0990. The molecule has 5 heterocycles. The van der Waals surface area contributed by atoms with Crippen LogP contribution in [-0.2, 0) is 4.74 Å². The van der Waals surface area contributed by atoms with E-state index < -0.39 is 6.17 Å². The Morgan fingerprint density at radius 3 is 2.88 bits per heavy atom. The number of halogens is 1. The maximum atomic E-state index is 12.8. The molecule has 170 valence electrons. The van der Waals surface area contributed by atoms with Gasteiger partial charge in [-0.25, -0.2) is 18.4 Å². The van der Waals surface area contributed by atoms with Gasteiger partial charge in [0, 0.05) is 51.4 Å². The Hall–Kier alpha value is -3.31. The van der Waals surface area contributed by atoms with Crippen molar-refractivity contribution in [1.29, 1.82) is 0 Å². The van der Waals surface area contributed by atoms with E-state index in [-0.39, 0.29) is 5.95 Å². The SMILES string of the molecule is CNc1nc(N)nn2ccc(-c3ccc4nccn4n3)c12.COCCN1CCCC(F)C1. The van der Waals surface area contributed by atoms with Crippen molar-refractivity contribution in [2.24, 2.45) is 0 Å². The molecule has 1 unspecified atom stereocenters. The number of piperidine rings is 1. The molecule has 0 saturated carbocycles. The van der Waals surface area contributed by atoms with E-state index in [1.54, 1.807) is 29.4 Å². The molecule has 5 rings (SSSR count). The van der Waals surface area contributed by atoms with Gasteiger partial charge in [-0.15, -0.1) is 5.10 Å². The predicted octanol–water partition coefficient (Wildman–Crippen LogP) is 2.13. The molecule has 1 saturated heterocycles. The van der Waals surface area contributed by atoms with E-state index >= 15 is 0 Å². The van der Waals surface area contributed by atoms with E-state index in [0.29, 0.717) is 19.0 Å². The highest BCUT2D eigenvalue weighted by molar-refractivity contribution is 5.87. The third-order valence-corrected chi connectivity index (χ3v) is 5.36. The summed E-state index contributed by atoms with van der Waals surface area (Å²) in [6, 6.07) is 5.78. The van der Waals surface area contributed by atoms with Gasteiger partial charge >= 0.3 is 0 Å². The fourth-order valence-electron chi connectivity index (χ4n) is 3.80. The topological polar surface area (TPSA) is 111 Å². The van der Waals surface area contributed by atoms with E-state index in [2.05, 4.69) is 30.4 Å². The van der Waals surface area contributed by atoms with Crippen LogP contribution in [0.15, 0.2) is 36.8 Å². The van der Waals surface area contributed by atoms with Crippen LogP contribution in [0.3, 0.4) is 0 Å². The van der Waals surface area contributed by atoms with E-state index in [1.165, 1.54) is 0 Å². The zero-order valence-electron chi connectivity index (χ0n) is 18.3. The van der Waals surface area contributed by atoms with Gasteiger partial charge in [0.25, 0.3) is 0 Å². The van der Waals surface area contributed by atoms with Crippen molar-refractivity contribution < 1.29 is 9.13 Å². The fraction of sp³-hybridized carbons (Fsp3) is 0.429. The highest BCUT2D eigenvalue weighted by Crippen LogP contribution is 2.28. The number of fused-ring (bicyclic) bond motifs is 2. The summed E-state index contributed by atoms with van der Waals surface area (Å²) in [5, 5.41) is 11.8. The van der Waals surface area contributed by atoms with Crippen LogP contribution in [0.4, 0.5) is 16.2 Å². The first-order chi connectivity index (χ1) is 15.6. The number of nitrogens with zero attached hydrogens (tertiary/aromatic N) is 7. The number of nitrogen functional groups attached to an aromatic ring is 1. The first-order valence-corrected chi connectivity index (χ1v) is 10.6. The van der Waals surface area contributed by atoms with Gasteiger partial charge in [0.2, 0.25) is 5.95 Å². The molecule has 10 nitrogen and oxygen atoms in total. The molecule has 0 aromatic carbocycles. The number of aromatic nitrogens is 6. The average molecular weight is 442 g/mol. The van der Waals surface area contributed by atoms with Crippen molar-refractivity contribution in [3.05, 3.63) is 36.8 Å². The first-order valence-electron chi connectivity index (χ1n) is 10.6. The van der Waals surface area contributed by atoms with Crippen LogP contribution in [0, 0.1) is 0 Å². The van der Waals surface area contributed by atoms with Crippen LogP contribution >= 0.6 is 0 Å². The van der Waals surface area contributed by atoms with E-state index in [9.17, 15) is 4.39 Å². The zero-order valence-corrected chi connectivity index (χ0v) is 18.3. The smallest absolute Gasteiger partial charge is 0.240 e. The van der Waals surface area contributed by atoms with Crippen molar-refractivity contribution in [3.63, 3.8) is 0 Å². The Balaban J connectivity index is 0.000000189. The number of imidazole rings is 1. The number of alkyl halides is 1. The third-order valence-electron chi connectivity index (χ3n) is 5.36. The van der Waals surface area contributed by atoms with Gasteiger partial charge in [0.1, 0.15) is 11.7 Å². The summed E-state index contributed by atoms with van der Waals surface area (Å²) in [6.45, 7) is 3.22. The minimum Gasteiger partial charge on any atom is -0.383 e. The van der Waals surface area contributed by atoms with Crippen LogP contribution in [0.2, 0.25) is 0 Å². The summed E-state index contributed by atoms with van der Waals surface area (Å²) >= 11 is 0. The predicted molar refractivity (Wildman–Crippen MR) is 121 cm³/mol. The van der Waals surface area contributed by atoms with Crippen molar-refractivity contribution >= 4 is 22.9 Å². The molecule has 0 bridgehead atoms. The van der Waals surface area contributed by atoms with Crippen LogP contribution < -0.4 is 11.1 Å². The second kappa shape index (κ2) is 9.88. The van der Waals surface area contributed by atoms with E-state index in [0.717, 1.165) is 48.4 Å². The highest BCUT2D eigenvalue weighted by Gasteiger charge is 2.18. The lowest BCUT2D eigenvalue weighted by Gasteiger charge is -2.28. The summed E-state index contributed by atoms with van der Waals surface area (Å²) in [5.41, 5.74) is 9.07. The first kappa shape index (κ1) is 21.9. The maximum absolute atomic E-state index is 12.8. The molecular formula is C21H28FN9O. The van der Waals surface area contributed by atoms with Crippen LogP contribution in [-0.4, -0.2) is 80.7 Å². The average Bonchev–Trinajstić information content (AvgIpc) is 3.44. The number of hydrogen-bond donors (Lipinski definition) is 2. The molecule has 32 heavy (non-hydrogen) atoms. The minimum absolute atomic E-state index is 0.215. The van der Waals surface area contributed by atoms with Gasteiger partial charge in [-0.3, -0.25) is 4.90 Å². The number of likely N-dealkylation sites (tertiary alicyclic amines) is 1. The monoisotopic (exact) mass is 441 g/mol. The quantitative estimate of drug-likeness (QED) is 0.485. The normalized spacial score (nSPS) is 16.8. The Kier molecular flexibility index (Phi) is 6.76. The Bertz CT molecular complexity index is 1170. The molecule has 0 radical (unpaired) electrons. The largest absolute Gasteiger partial charge is 0.383 e. The molecule has 11 heteroatoms. The van der Waals surface area contributed by atoms with Crippen molar-refractivity contribution in [2.75, 3.05) is 51.4 Å². The molecule has 0 amide bonds. The third kappa shape index (κ3) is 4.78. The molecule has 4 aromatic heterocycles. The number of anilines is 2. The van der Waals surface area contributed by atoms with Crippen LogP contribution in [0.5, 0.6) is 0 Å². The molecule has 0 spiro atoms. The maximum Gasteiger partial charge on any atom is 0.240 e. The van der Waals surface area contributed by atoms with Gasteiger partial charge in [-0.1, -0.05) is 0 Å². The van der Waals surface area contributed by atoms with Gasteiger partial charge in [0.05, 0.1) is 12.3 Å².